The SMILES string of the molecule is CC.O=Cc1ccccc1C(=O)NC1C(=O)NC(=O)NC1=O. The maximum atomic E-state index is 12.0. The lowest BCUT2D eigenvalue weighted by molar-refractivity contribution is -0.132. The van der Waals surface area contributed by atoms with Crippen LogP contribution in [0.3, 0.4) is 0 Å². The van der Waals surface area contributed by atoms with Crippen LogP contribution in [0.25, 0.3) is 0 Å². The van der Waals surface area contributed by atoms with E-state index < -0.39 is 29.8 Å². The summed E-state index contributed by atoms with van der Waals surface area (Å²) in [6.45, 7) is 4.00. The fourth-order valence-corrected chi connectivity index (χ4v) is 1.66. The molecule has 1 fully saturated rings. The van der Waals surface area contributed by atoms with Gasteiger partial charge in [-0.05, 0) is 6.07 Å². The quantitative estimate of drug-likeness (QED) is 0.535. The van der Waals surface area contributed by atoms with Crippen LogP contribution in [0.2, 0.25) is 0 Å². The second-order valence-corrected chi connectivity index (χ2v) is 3.92. The Balaban J connectivity index is 0.00000116. The number of aldehydes is 1. The van der Waals surface area contributed by atoms with Crippen LogP contribution in [0.5, 0.6) is 0 Å². The van der Waals surface area contributed by atoms with E-state index in [0.717, 1.165) is 0 Å². The number of amides is 5. The van der Waals surface area contributed by atoms with Crippen LogP contribution in [-0.2, 0) is 9.59 Å². The summed E-state index contributed by atoms with van der Waals surface area (Å²) < 4.78 is 0. The van der Waals surface area contributed by atoms with Crippen LogP contribution < -0.4 is 16.0 Å². The molecule has 1 aliphatic rings. The maximum Gasteiger partial charge on any atom is 0.328 e. The van der Waals surface area contributed by atoms with Gasteiger partial charge in [0.1, 0.15) is 0 Å². The number of nitrogens with one attached hydrogen (secondary N) is 3. The summed E-state index contributed by atoms with van der Waals surface area (Å²) in [4.78, 5) is 56.5. The largest absolute Gasteiger partial charge is 0.332 e. The molecule has 5 amide bonds. The zero-order valence-electron chi connectivity index (χ0n) is 12.0. The molecule has 0 radical (unpaired) electrons. The third-order valence-corrected chi connectivity index (χ3v) is 2.61. The molecule has 2 rings (SSSR count). The van der Waals surface area contributed by atoms with Crippen molar-refractivity contribution < 1.29 is 24.0 Å². The molecule has 0 spiro atoms. The molecule has 0 unspecified atom stereocenters. The fourth-order valence-electron chi connectivity index (χ4n) is 1.66. The third-order valence-electron chi connectivity index (χ3n) is 2.61. The standard InChI is InChI=1S/C12H9N3O5.C2H6/c16-5-6-3-1-2-4-7(6)9(17)13-8-10(18)14-12(20)15-11(8)19;1-2/h1-5,8H,(H,13,17)(H2,14,15,18,19,20);1-2H3. The first-order valence-corrected chi connectivity index (χ1v) is 6.53. The number of carbonyl (C=O) groups excluding carboxylic acids is 5. The van der Waals surface area contributed by atoms with Gasteiger partial charge in [-0.1, -0.05) is 32.0 Å². The molecule has 0 aromatic heterocycles. The monoisotopic (exact) mass is 305 g/mol. The van der Waals surface area contributed by atoms with E-state index in [4.69, 9.17) is 0 Å². The molecular formula is C14H15N3O5. The van der Waals surface area contributed by atoms with Crippen LogP contribution in [0.4, 0.5) is 4.79 Å². The van der Waals surface area contributed by atoms with Gasteiger partial charge in [0.15, 0.2) is 12.3 Å². The highest BCUT2D eigenvalue weighted by Gasteiger charge is 2.35. The minimum Gasteiger partial charge on any atom is -0.332 e. The molecule has 22 heavy (non-hydrogen) atoms. The topological polar surface area (TPSA) is 121 Å². The molecule has 1 heterocycles. The molecule has 1 saturated heterocycles. The Hall–Kier alpha value is -3.03. The van der Waals surface area contributed by atoms with E-state index in [1.54, 1.807) is 6.07 Å². The van der Waals surface area contributed by atoms with Crippen molar-refractivity contribution in [1.82, 2.24) is 16.0 Å². The number of hydrogen-bond acceptors (Lipinski definition) is 5. The molecule has 3 N–H and O–H groups in total. The molecule has 1 aliphatic heterocycles. The molecule has 8 heteroatoms. The summed E-state index contributed by atoms with van der Waals surface area (Å²) in [5.41, 5.74) is 0.151. The van der Waals surface area contributed by atoms with Gasteiger partial charge >= 0.3 is 6.03 Å². The molecule has 0 atom stereocenters. The van der Waals surface area contributed by atoms with Gasteiger partial charge in [0.2, 0.25) is 0 Å². The first kappa shape index (κ1) is 17.0. The van der Waals surface area contributed by atoms with Gasteiger partial charge in [0.25, 0.3) is 17.7 Å². The Labute approximate surface area is 126 Å². The van der Waals surface area contributed by atoms with Crippen LogP contribution >= 0.6 is 0 Å². The predicted molar refractivity (Wildman–Crippen MR) is 76.1 cm³/mol. The van der Waals surface area contributed by atoms with Crippen molar-refractivity contribution in [2.75, 3.05) is 0 Å². The fraction of sp³-hybridized carbons (Fsp3) is 0.214. The molecule has 116 valence electrons. The number of urea groups is 1. The molecule has 0 aliphatic carbocycles. The lowest BCUT2D eigenvalue weighted by Gasteiger charge is -2.21. The molecular weight excluding hydrogens is 290 g/mol. The number of carbonyl (C=O) groups is 5. The van der Waals surface area contributed by atoms with E-state index >= 15 is 0 Å². The Bertz CT molecular complexity index is 607. The van der Waals surface area contributed by atoms with Crippen molar-refractivity contribution in [2.24, 2.45) is 0 Å². The molecule has 1 aromatic rings. The molecule has 0 saturated carbocycles. The minimum absolute atomic E-state index is 0.0278. The minimum atomic E-state index is -1.53. The number of rotatable bonds is 3. The van der Waals surface area contributed by atoms with Gasteiger partial charge in [-0.25, -0.2) is 4.79 Å². The van der Waals surface area contributed by atoms with Crippen molar-refractivity contribution in [1.29, 1.82) is 0 Å². The van der Waals surface area contributed by atoms with Crippen molar-refractivity contribution in [3.05, 3.63) is 35.4 Å². The summed E-state index contributed by atoms with van der Waals surface area (Å²) in [6.07, 6.45) is 0.486. The van der Waals surface area contributed by atoms with Gasteiger partial charge < -0.3 is 5.32 Å². The van der Waals surface area contributed by atoms with Crippen LogP contribution in [-0.4, -0.2) is 36.1 Å². The molecule has 0 bridgehead atoms. The molecule has 1 aromatic carbocycles. The van der Waals surface area contributed by atoms with E-state index in [-0.39, 0.29) is 11.1 Å². The van der Waals surface area contributed by atoms with Crippen LogP contribution in [0.1, 0.15) is 34.6 Å². The highest BCUT2D eigenvalue weighted by Crippen LogP contribution is 2.06. The Kier molecular flexibility index (Phi) is 5.94. The average Bonchev–Trinajstić information content (AvgIpc) is 2.52. The first-order valence-electron chi connectivity index (χ1n) is 6.53. The number of imide groups is 2. The second kappa shape index (κ2) is 7.67. The Morgan fingerprint density at radius 2 is 1.64 bits per heavy atom. The molecule has 8 nitrogen and oxygen atoms in total. The van der Waals surface area contributed by atoms with E-state index in [0.29, 0.717) is 6.29 Å². The maximum absolute atomic E-state index is 12.0. The first-order chi connectivity index (χ1) is 10.5. The van der Waals surface area contributed by atoms with Gasteiger partial charge in [0.05, 0.1) is 0 Å². The zero-order chi connectivity index (χ0) is 16.7. The van der Waals surface area contributed by atoms with E-state index in [1.165, 1.54) is 18.2 Å². The lowest BCUT2D eigenvalue weighted by Crippen LogP contribution is -2.64. The van der Waals surface area contributed by atoms with Gasteiger partial charge in [0, 0.05) is 11.1 Å². The summed E-state index contributed by atoms with van der Waals surface area (Å²) in [5.74, 6) is -2.64. The zero-order valence-corrected chi connectivity index (χ0v) is 12.0. The highest BCUT2D eigenvalue weighted by molar-refractivity contribution is 6.20. The summed E-state index contributed by atoms with van der Waals surface area (Å²) in [7, 11) is 0. The Morgan fingerprint density at radius 1 is 1.09 bits per heavy atom. The number of hydrogen-bond donors (Lipinski definition) is 3. The number of benzene rings is 1. The van der Waals surface area contributed by atoms with Crippen molar-refractivity contribution in [3.63, 3.8) is 0 Å². The smallest absolute Gasteiger partial charge is 0.328 e. The summed E-state index contributed by atoms with van der Waals surface area (Å²) in [5, 5.41) is 5.86. The highest BCUT2D eigenvalue weighted by atomic mass is 16.2. The van der Waals surface area contributed by atoms with Crippen LogP contribution in [0.15, 0.2) is 24.3 Å². The number of barbiturate groups is 1. The van der Waals surface area contributed by atoms with Crippen LogP contribution in [0, 0.1) is 0 Å². The average molecular weight is 305 g/mol. The van der Waals surface area contributed by atoms with Gasteiger partial charge in [-0.2, -0.15) is 0 Å². The predicted octanol–water partition coefficient (Wildman–Crippen LogP) is -0.0103. The second-order valence-electron chi connectivity index (χ2n) is 3.92. The van der Waals surface area contributed by atoms with Crippen molar-refractivity contribution in [2.45, 2.75) is 19.9 Å². The van der Waals surface area contributed by atoms with Gasteiger partial charge in [-0.3, -0.25) is 29.8 Å². The van der Waals surface area contributed by atoms with Crippen molar-refractivity contribution >= 4 is 30.0 Å². The third kappa shape index (κ3) is 3.75. The summed E-state index contributed by atoms with van der Waals surface area (Å²) >= 11 is 0. The van der Waals surface area contributed by atoms with E-state index in [1.807, 2.05) is 24.5 Å². The van der Waals surface area contributed by atoms with E-state index in [2.05, 4.69) is 5.32 Å². The normalized spacial score (nSPS) is 14.2. The summed E-state index contributed by atoms with van der Waals surface area (Å²) in [6, 6.07) is 3.43. The van der Waals surface area contributed by atoms with E-state index in [9.17, 15) is 24.0 Å². The lowest BCUT2D eigenvalue weighted by atomic mass is 10.1. The Morgan fingerprint density at radius 3 is 2.18 bits per heavy atom. The van der Waals surface area contributed by atoms with Crippen molar-refractivity contribution in [3.8, 4) is 0 Å². The van der Waals surface area contributed by atoms with Gasteiger partial charge in [-0.15, -0.1) is 0 Å².